The number of hydrogen-bond acceptors (Lipinski definition) is 3. The van der Waals surface area contributed by atoms with E-state index in [-0.39, 0.29) is 41.8 Å². The Labute approximate surface area is 199 Å². The zero-order chi connectivity index (χ0) is 20.8. The van der Waals surface area contributed by atoms with Gasteiger partial charge in [-0.3, -0.25) is 19.5 Å². The molecule has 0 aromatic heterocycles. The lowest BCUT2D eigenvalue weighted by atomic mass is 10.1. The Balaban J connectivity index is 0.00000320. The number of benzene rings is 2. The normalized spacial score (nSPS) is 14.2. The fourth-order valence-electron chi connectivity index (χ4n) is 3.30. The van der Waals surface area contributed by atoms with Crippen LogP contribution in [0.25, 0.3) is 0 Å². The summed E-state index contributed by atoms with van der Waals surface area (Å²) < 4.78 is 0. The van der Waals surface area contributed by atoms with E-state index in [2.05, 4.69) is 15.6 Å². The molecule has 6 nitrogen and oxygen atoms in total. The molecule has 1 heterocycles. The third-order valence-electron chi connectivity index (χ3n) is 4.90. The Bertz CT molecular complexity index is 900. The number of hydrogen-bond donors (Lipinski definition) is 2. The van der Waals surface area contributed by atoms with E-state index in [1.165, 1.54) is 4.90 Å². The molecule has 2 N–H and O–H groups in total. The van der Waals surface area contributed by atoms with E-state index < -0.39 is 0 Å². The lowest BCUT2D eigenvalue weighted by Crippen LogP contribution is -2.39. The number of carbonyl (C=O) groups excluding carboxylic acids is 2. The van der Waals surface area contributed by atoms with Crippen molar-refractivity contribution in [2.45, 2.75) is 25.8 Å². The van der Waals surface area contributed by atoms with Gasteiger partial charge in [-0.15, -0.1) is 24.0 Å². The Morgan fingerprint density at radius 1 is 1.07 bits per heavy atom. The highest BCUT2D eigenvalue weighted by molar-refractivity contribution is 14.0. The van der Waals surface area contributed by atoms with Gasteiger partial charge in [-0.2, -0.15) is 0 Å². The molecule has 1 unspecified atom stereocenters. The predicted molar refractivity (Wildman–Crippen MR) is 131 cm³/mol. The van der Waals surface area contributed by atoms with Gasteiger partial charge in [-0.05, 0) is 49.6 Å². The SMILES string of the molecule is CN=C(NCCCCN1C(=O)c2ccccc2C1=O)NC(C)c1cccc(Cl)c1.I. The number of halogens is 2. The van der Waals surface area contributed by atoms with E-state index in [4.69, 9.17) is 11.6 Å². The summed E-state index contributed by atoms with van der Waals surface area (Å²) in [7, 11) is 1.72. The van der Waals surface area contributed by atoms with Crippen molar-refractivity contribution >= 4 is 53.4 Å². The van der Waals surface area contributed by atoms with Gasteiger partial charge >= 0.3 is 0 Å². The molecular weight excluding hydrogens is 515 g/mol. The fourth-order valence-corrected chi connectivity index (χ4v) is 3.50. The number of unbranched alkanes of at least 4 members (excludes halogenated alkanes) is 1. The van der Waals surface area contributed by atoms with Crippen LogP contribution in [-0.4, -0.2) is 42.8 Å². The van der Waals surface area contributed by atoms with Crippen molar-refractivity contribution < 1.29 is 9.59 Å². The lowest BCUT2D eigenvalue weighted by Gasteiger charge is -2.19. The Hall–Kier alpha value is -2.13. The molecule has 2 aromatic carbocycles. The molecule has 160 valence electrons. The van der Waals surface area contributed by atoms with Crippen molar-refractivity contribution in [3.05, 3.63) is 70.2 Å². The van der Waals surface area contributed by atoms with Crippen LogP contribution in [0.3, 0.4) is 0 Å². The van der Waals surface area contributed by atoms with Crippen LogP contribution in [0.4, 0.5) is 0 Å². The highest BCUT2D eigenvalue weighted by atomic mass is 127. The number of carbonyl (C=O) groups is 2. The van der Waals surface area contributed by atoms with Crippen molar-refractivity contribution in [1.82, 2.24) is 15.5 Å². The number of guanidine groups is 1. The number of imide groups is 1. The molecule has 2 aromatic rings. The molecule has 1 atom stereocenters. The van der Waals surface area contributed by atoms with Gasteiger partial charge in [0.25, 0.3) is 11.8 Å². The molecule has 0 saturated heterocycles. The summed E-state index contributed by atoms with van der Waals surface area (Å²) in [6.45, 7) is 3.14. The summed E-state index contributed by atoms with van der Waals surface area (Å²) in [5.74, 6) is 0.288. The van der Waals surface area contributed by atoms with Crippen LogP contribution in [-0.2, 0) is 0 Å². The van der Waals surface area contributed by atoms with Crippen molar-refractivity contribution in [2.24, 2.45) is 4.99 Å². The van der Waals surface area contributed by atoms with Crippen LogP contribution in [0, 0.1) is 0 Å². The Kier molecular flexibility index (Phi) is 9.10. The molecule has 1 aliphatic heterocycles. The minimum Gasteiger partial charge on any atom is -0.356 e. The van der Waals surface area contributed by atoms with Gasteiger partial charge in [-0.25, -0.2) is 0 Å². The van der Waals surface area contributed by atoms with Crippen LogP contribution in [0.1, 0.15) is 52.1 Å². The highest BCUT2D eigenvalue weighted by Crippen LogP contribution is 2.22. The zero-order valence-corrected chi connectivity index (χ0v) is 20.1. The molecule has 2 amide bonds. The quantitative estimate of drug-likeness (QED) is 0.181. The average molecular weight is 541 g/mol. The summed E-state index contributed by atoms with van der Waals surface area (Å²) in [4.78, 5) is 30.3. The summed E-state index contributed by atoms with van der Waals surface area (Å²) in [6, 6.07) is 14.7. The number of nitrogens with one attached hydrogen (secondary N) is 2. The van der Waals surface area contributed by atoms with Gasteiger partial charge in [0.1, 0.15) is 0 Å². The maximum absolute atomic E-state index is 12.4. The van der Waals surface area contributed by atoms with Crippen molar-refractivity contribution in [2.75, 3.05) is 20.1 Å². The first-order chi connectivity index (χ1) is 14.0. The summed E-state index contributed by atoms with van der Waals surface area (Å²) in [5.41, 5.74) is 2.07. The van der Waals surface area contributed by atoms with Gasteiger partial charge in [0.15, 0.2) is 5.96 Å². The minimum absolute atomic E-state index is 0. The molecule has 0 bridgehead atoms. The van der Waals surface area contributed by atoms with E-state index in [1.54, 1.807) is 31.3 Å². The third kappa shape index (κ3) is 5.72. The second-order valence-corrected chi connectivity index (χ2v) is 7.37. The van der Waals surface area contributed by atoms with Crippen LogP contribution in [0.5, 0.6) is 0 Å². The van der Waals surface area contributed by atoms with Crippen molar-refractivity contribution in [3.63, 3.8) is 0 Å². The van der Waals surface area contributed by atoms with E-state index in [9.17, 15) is 9.59 Å². The number of fused-ring (bicyclic) bond motifs is 1. The summed E-state index contributed by atoms with van der Waals surface area (Å²) >= 11 is 6.06. The van der Waals surface area contributed by atoms with Gasteiger partial charge in [0.05, 0.1) is 17.2 Å². The number of nitrogens with zero attached hydrogens (tertiary/aromatic N) is 2. The maximum Gasteiger partial charge on any atom is 0.261 e. The summed E-state index contributed by atoms with van der Waals surface area (Å²) in [6.07, 6.45) is 1.53. The second-order valence-electron chi connectivity index (χ2n) is 6.93. The standard InChI is InChI=1S/C22H25ClN4O2.HI/c1-15(16-8-7-9-17(23)14-16)26-22(24-2)25-12-5-6-13-27-20(28)18-10-3-4-11-19(18)21(27)29;/h3-4,7-11,14-15H,5-6,12-13H2,1-2H3,(H2,24,25,26);1H. The number of rotatable bonds is 7. The first-order valence-electron chi connectivity index (χ1n) is 9.69. The van der Waals surface area contributed by atoms with Crippen LogP contribution in [0.2, 0.25) is 5.02 Å². The zero-order valence-electron chi connectivity index (χ0n) is 17.0. The van der Waals surface area contributed by atoms with E-state index in [0.29, 0.717) is 35.2 Å². The van der Waals surface area contributed by atoms with Crippen LogP contribution in [0.15, 0.2) is 53.5 Å². The van der Waals surface area contributed by atoms with Gasteiger partial charge < -0.3 is 10.6 Å². The van der Waals surface area contributed by atoms with Gasteiger partial charge in [0, 0.05) is 25.2 Å². The molecule has 0 fully saturated rings. The van der Waals surface area contributed by atoms with Gasteiger partial charge in [-0.1, -0.05) is 35.9 Å². The first-order valence-corrected chi connectivity index (χ1v) is 10.1. The van der Waals surface area contributed by atoms with Crippen molar-refractivity contribution in [3.8, 4) is 0 Å². The first kappa shape index (κ1) is 24.1. The largest absolute Gasteiger partial charge is 0.356 e. The Morgan fingerprint density at radius 3 is 2.33 bits per heavy atom. The molecule has 0 saturated carbocycles. The minimum atomic E-state index is -0.202. The molecule has 30 heavy (non-hydrogen) atoms. The molecule has 8 heteroatoms. The monoisotopic (exact) mass is 540 g/mol. The maximum atomic E-state index is 12.4. The molecule has 0 radical (unpaired) electrons. The van der Waals surface area contributed by atoms with Crippen LogP contribution < -0.4 is 10.6 Å². The average Bonchev–Trinajstić information content (AvgIpc) is 2.97. The molecule has 0 spiro atoms. The third-order valence-corrected chi connectivity index (χ3v) is 5.14. The lowest BCUT2D eigenvalue weighted by molar-refractivity contribution is 0.0652. The highest BCUT2D eigenvalue weighted by Gasteiger charge is 2.34. The summed E-state index contributed by atoms with van der Waals surface area (Å²) in [5, 5.41) is 7.30. The second kappa shape index (κ2) is 11.3. The van der Waals surface area contributed by atoms with E-state index >= 15 is 0 Å². The Morgan fingerprint density at radius 2 is 1.73 bits per heavy atom. The van der Waals surface area contributed by atoms with Crippen molar-refractivity contribution in [1.29, 1.82) is 0 Å². The van der Waals surface area contributed by atoms with E-state index in [1.807, 2.05) is 31.2 Å². The fraction of sp³-hybridized carbons (Fsp3) is 0.318. The molecule has 3 rings (SSSR count). The topological polar surface area (TPSA) is 73.8 Å². The molecule has 0 aliphatic carbocycles. The van der Waals surface area contributed by atoms with E-state index in [0.717, 1.165) is 18.4 Å². The number of aliphatic imine (C=N–C) groups is 1. The predicted octanol–water partition coefficient (Wildman–Crippen LogP) is 4.26. The van der Waals surface area contributed by atoms with Gasteiger partial charge in [0.2, 0.25) is 0 Å². The molecular formula is C22H26ClIN4O2. The number of amides is 2. The smallest absolute Gasteiger partial charge is 0.261 e. The van der Waals surface area contributed by atoms with Crippen LogP contribution >= 0.6 is 35.6 Å². The molecule has 1 aliphatic rings.